The van der Waals surface area contributed by atoms with Gasteiger partial charge in [-0.15, -0.1) is 0 Å². The van der Waals surface area contributed by atoms with E-state index in [4.69, 9.17) is 0 Å². The predicted octanol–water partition coefficient (Wildman–Crippen LogP) is 3.12. The largest absolute Gasteiger partial charge is 0.367 e. The van der Waals surface area contributed by atoms with Crippen molar-refractivity contribution in [3.63, 3.8) is 0 Å². The monoisotopic (exact) mass is 370 g/mol. The van der Waals surface area contributed by atoms with E-state index in [9.17, 15) is 13.6 Å². The summed E-state index contributed by atoms with van der Waals surface area (Å²) in [5, 5.41) is 5.62. The van der Waals surface area contributed by atoms with Crippen LogP contribution in [0.15, 0.2) is 42.6 Å². The zero-order valence-corrected chi connectivity index (χ0v) is 14.9. The van der Waals surface area contributed by atoms with Gasteiger partial charge < -0.3 is 20.4 Å². The van der Waals surface area contributed by atoms with Gasteiger partial charge in [0, 0.05) is 49.3 Å². The van der Waals surface area contributed by atoms with E-state index in [0.29, 0.717) is 28.2 Å². The number of hydrogen-bond donors (Lipinski definition) is 2. The van der Waals surface area contributed by atoms with Crippen LogP contribution in [0.25, 0.3) is 5.57 Å². The molecule has 1 fully saturated rings. The van der Waals surface area contributed by atoms with Crippen LogP contribution in [0.4, 0.5) is 25.8 Å². The van der Waals surface area contributed by atoms with Gasteiger partial charge in [0.05, 0.1) is 11.3 Å². The molecule has 0 saturated carbocycles. The minimum Gasteiger partial charge on any atom is -0.367 e. The second-order valence-electron chi connectivity index (χ2n) is 6.80. The molecule has 0 bridgehead atoms. The molecular formula is C20H20F2N4O. The van der Waals surface area contributed by atoms with Crippen molar-refractivity contribution in [3.05, 3.63) is 59.8 Å². The number of carbonyl (C=O) groups excluding carboxylic acids is 1. The lowest BCUT2D eigenvalue weighted by molar-refractivity contribution is -0.110. The third-order valence-corrected chi connectivity index (χ3v) is 4.94. The fourth-order valence-corrected chi connectivity index (χ4v) is 3.36. The third kappa shape index (κ3) is 3.50. The van der Waals surface area contributed by atoms with Crippen molar-refractivity contribution in [3.8, 4) is 0 Å². The summed E-state index contributed by atoms with van der Waals surface area (Å²) in [5.74, 6) is -1.05. The summed E-state index contributed by atoms with van der Waals surface area (Å²) in [4.78, 5) is 16.3. The number of fused-ring (bicyclic) bond motifs is 1. The lowest BCUT2D eigenvalue weighted by Crippen LogP contribution is -2.44. The average molecular weight is 370 g/mol. The van der Waals surface area contributed by atoms with E-state index in [-0.39, 0.29) is 11.7 Å². The highest BCUT2D eigenvalue weighted by molar-refractivity contribution is 6.31. The summed E-state index contributed by atoms with van der Waals surface area (Å²) in [6, 6.07) is 9.04. The average Bonchev–Trinajstić information content (AvgIpc) is 2.95. The zero-order valence-electron chi connectivity index (χ0n) is 14.9. The topological polar surface area (TPSA) is 47.6 Å². The van der Waals surface area contributed by atoms with Crippen LogP contribution >= 0.6 is 0 Å². The molecule has 2 N–H and O–H groups in total. The molecule has 2 aromatic carbocycles. The van der Waals surface area contributed by atoms with Crippen molar-refractivity contribution in [1.29, 1.82) is 0 Å². The molecule has 2 heterocycles. The van der Waals surface area contributed by atoms with Gasteiger partial charge in [0.25, 0.3) is 5.91 Å². The number of piperazine rings is 1. The number of rotatable bonds is 3. The molecule has 2 aliphatic heterocycles. The molecular weight excluding hydrogens is 350 g/mol. The highest BCUT2D eigenvalue weighted by Crippen LogP contribution is 2.32. The van der Waals surface area contributed by atoms with Crippen molar-refractivity contribution in [1.82, 2.24) is 4.90 Å². The van der Waals surface area contributed by atoms with Crippen LogP contribution in [0.3, 0.4) is 0 Å². The summed E-state index contributed by atoms with van der Waals surface area (Å²) in [6.45, 7) is 3.37. The van der Waals surface area contributed by atoms with Crippen molar-refractivity contribution < 1.29 is 13.6 Å². The van der Waals surface area contributed by atoms with Crippen LogP contribution in [-0.4, -0.2) is 44.0 Å². The molecule has 0 unspecified atom stereocenters. The van der Waals surface area contributed by atoms with Gasteiger partial charge in [0.15, 0.2) is 0 Å². The minimum atomic E-state index is -0.418. The molecule has 7 heteroatoms. The summed E-state index contributed by atoms with van der Waals surface area (Å²) < 4.78 is 28.0. The van der Waals surface area contributed by atoms with Gasteiger partial charge in [0.1, 0.15) is 11.6 Å². The molecule has 0 atom stereocenters. The van der Waals surface area contributed by atoms with E-state index in [1.807, 2.05) is 4.90 Å². The second kappa shape index (κ2) is 7.00. The van der Waals surface area contributed by atoms with Crippen LogP contribution in [0.2, 0.25) is 0 Å². The minimum absolute atomic E-state index is 0.313. The molecule has 0 aromatic heterocycles. The summed E-state index contributed by atoms with van der Waals surface area (Å²) in [7, 11) is 2.05. The Hall–Kier alpha value is -2.93. The Labute approximate surface area is 156 Å². The van der Waals surface area contributed by atoms with E-state index in [1.54, 1.807) is 12.1 Å². The molecule has 0 radical (unpaired) electrons. The van der Waals surface area contributed by atoms with Crippen molar-refractivity contribution in [2.75, 3.05) is 48.8 Å². The van der Waals surface area contributed by atoms with E-state index in [1.165, 1.54) is 30.5 Å². The number of carbonyl (C=O) groups is 1. The molecule has 2 aromatic rings. The first-order valence-corrected chi connectivity index (χ1v) is 8.82. The molecule has 0 spiro atoms. The van der Waals surface area contributed by atoms with Crippen LogP contribution < -0.4 is 15.5 Å². The highest BCUT2D eigenvalue weighted by atomic mass is 19.1. The Kier molecular flexibility index (Phi) is 4.53. The van der Waals surface area contributed by atoms with Gasteiger partial charge in [-0.05, 0) is 43.4 Å². The maximum Gasteiger partial charge on any atom is 0.257 e. The number of hydrogen-bond acceptors (Lipinski definition) is 4. The molecule has 1 saturated heterocycles. The first-order chi connectivity index (χ1) is 13.0. The second-order valence-corrected chi connectivity index (χ2v) is 6.80. The van der Waals surface area contributed by atoms with E-state index in [0.717, 1.165) is 26.2 Å². The number of nitrogens with zero attached hydrogens (tertiary/aromatic N) is 2. The SMILES string of the molecule is CN1CCN(c2ccc(N/C=C3/C(=O)Nc4ccc(F)cc43)cc2F)CC1. The first kappa shape index (κ1) is 17.5. The number of benzene rings is 2. The number of amides is 1. The number of nitrogens with one attached hydrogen (secondary N) is 2. The van der Waals surface area contributed by atoms with E-state index in [2.05, 4.69) is 22.6 Å². The zero-order chi connectivity index (χ0) is 19.0. The van der Waals surface area contributed by atoms with Gasteiger partial charge in [-0.1, -0.05) is 0 Å². The Morgan fingerprint density at radius 2 is 1.85 bits per heavy atom. The smallest absolute Gasteiger partial charge is 0.257 e. The van der Waals surface area contributed by atoms with Crippen molar-refractivity contribution >= 4 is 28.5 Å². The Bertz CT molecular complexity index is 920. The number of anilines is 3. The molecule has 0 aliphatic carbocycles. The van der Waals surface area contributed by atoms with Crippen LogP contribution in [0, 0.1) is 11.6 Å². The number of likely N-dealkylation sites (N-methyl/N-ethyl adjacent to an activating group) is 1. The molecule has 140 valence electrons. The molecule has 1 amide bonds. The summed E-state index contributed by atoms with van der Waals surface area (Å²) in [5.41, 5.74) is 2.46. The van der Waals surface area contributed by atoms with E-state index < -0.39 is 5.82 Å². The van der Waals surface area contributed by atoms with Crippen LogP contribution in [0.1, 0.15) is 5.56 Å². The number of halogens is 2. The van der Waals surface area contributed by atoms with Gasteiger partial charge in [0.2, 0.25) is 0 Å². The van der Waals surface area contributed by atoms with Crippen LogP contribution in [0.5, 0.6) is 0 Å². The molecule has 4 rings (SSSR count). The van der Waals surface area contributed by atoms with Gasteiger partial charge >= 0.3 is 0 Å². The predicted molar refractivity (Wildman–Crippen MR) is 103 cm³/mol. The highest BCUT2D eigenvalue weighted by Gasteiger charge is 2.24. The Balaban J connectivity index is 1.52. The van der Waals surface area contributed by atoms with Gasteiger partial charge in [-0.25, -0.2) is 8.78 Å². The summed E-state index contributed by atoms with van der Waals surface area (Å²) in [6.07, 6.45) is 1.48. The lowest BCUT2D eigenvalue weighted by atomic mass is 10.1. The third-order valence-electron chi connectivity index (χ3n) is 4.94. The molecule has 27 heavy (non-hydrogen) atoms. The maximum absolute atomic E-state index is 14.6. The fraction of sp³-hybridized carbons (Fsp3) is 0.250. The Morgan fingerprint density at radius 3 is 2.59 bits per heavy atom. The lowest BCUT2D eigenvalue weighted by Gasteiger charge is -2.34. The molecule has 5 nitrogen and oxygen atoms in total. The standard InChI is InChI=1S/C20H20F2N4O/c1-25-6-8-26(9-7-25)19-5-3-14(11-17(19)22)23-12-16-15-10-13(21)2-4-18(15)24-20(16)27/h2-5,10-12,23H,6-9H2,1H3,(H,24,27)/b16-12+. The normalized spacial score (nSPS) is 18.6. The summed E-state index contributed by atoms with van der Waals surface area (Å²) >= 11 is 0. The first-order valence-electron chi connectivity index (χ1n) is 8.82. The van der Waals surface area contributed by atoms with Crippen LogP contribution in [-0.2, 0) is 4.79 Å². The maximum atomic E-state index is 14.6. The van der Waals surface area contributed by atoms with Crippen molar-refractivity contribution in [2.24, 2.45) is 0 Å². The quantitative estimate of drug-likeness (QED) is 0.815. The Morgan fingerprint density at radius 1 is 1.07 bits per heavy atom. The van der Waals surface area contributed by atoms with E-state index >= 15 is 0 Å². The molecule has 2 aliphatic rings. The van der Waals surface area contributed by atoms with Gasteiger partial charge in [-0.3, -0.25) is 4.79 Å². The van der Waals surface area contributed by atoms with Crippen molar-refractivity contribution in [2.45, 2.75) is 0 Å². The fourth-order valence-electron chi connectivity index (χ4n) is 3.36. The van der Waals surface area contributed by atoms with Gasteiger partial charge in [-0.2, -0.15) is 0 Å².